The van der Waals surface area contributed by atoms with Crippen molar-refractivity contribution in [3.05, 3.63) is 60.4 Å². The molecule has 21 heavy (non-hydrogen) atoms. The van der Waals surface area contributed by atoms with Crippen LogP contribution in [0.3, 0.4) is 0 Å². The van der Waals surface area contributed by atoms with Crippen LogP contribution in [0.4, 0.5) is 0 Å². The molecule has 3 rings (SSSR count). The topological polar surface area (TPSA) is 45.6 Å². The number of ether oxygens (including phenoxy) is 1. The molecule has 1 saturated heterocycles. The zero-order chi connectivity index (χ0) is 14.5. The molecule has 1 aliphatic rings. The van der Waals surface area contributed by atoms with Gasteiger partial charge in [-0.25, -0.2) is 0 Å². The highest BCUT2D eigenvalue weighted by Crippen LogP contribution is 2.24. The van der Waals surface area contributed by atoms with Crippen molar-refractivity contribution in [2.24, 2.45) is 0 Å². The monoisotopic (exact) mass is 284 g/mol. The number of hydrogen-bond acceptors (Lipinski definition) is 4. The standard InChI is InChI=1S/C17H20N2O2/c20-17(14-21-16-7-2-1-3-8-16)9-11-19(13-17)12-15-6-4-5-10-18-15/h1-8,10,20H,9,11-14H2/t17-/m0/s1. The van der Waals surface area contributed by atoms with E-state index < -0.39 is 5.60 Å². The van der Waals surface area contributed by atoms with Gasteiger partial charge in [0.2, 0.25) is 0 Å². The quantitative estimate of drug-likeness (QED) is 0.913. The van der Waals surface area contributed by atoms with E-state index in [-0.39, 0.29) is 0 Å². The molecule has 0 unspecified atom stereocenters. The number of nitrogens with zero attached hydrogens (tertiary/aromatic N) is 2. The minimum absolute atomic E-state index is 0.329. The highest BCUT2D eigenvalue weighted by molar-refractivity contribution is 5.21. The van der Waals surface area contributed by atoms with E-state index in [1.165, 1.54) is 0 Å². The Morgan fingerprint density at radius 3 is 2.71 bits per heavy atom. The SMILES string of the molecule is O[C@@]1(COc2ccccc2)CCN(Cc2ccccn2)C1. The molecule has 1 atom stereocenters. The molecule has 2 heterocycles. The molecule has 1 aromatic carbocycles. The Labute approximate surface area is 125 Å². The van der Waals surface area contributed by atoms with Gasteiger partial charge in [0.25, 0.3) is 0 Å². The minimum Gasteiger partial charge on any atom is -0.491 e. The summed E-state index contributed by atoms with van der Waals surface area (Å²) < 4.78 is 5.70. The summed E-state index contributed by atoms with van der Waals surface area (Å²) >= 11 is 0. The second-order valence-corrected chi connectivity index (χ2v) is 5.61. The van der Waals surface area contributed by atoms with Crippen molar-refractivity contribution in [2.45, 2.75) is 18.6 Å². The van der Waals surface area contributed by atoms with Gasteiger partial charge in [-0.3, -0.25) is 9.88 Å². The predicted molar refractivity (Wildman–Crippen MR) is 81.0 cm³/mol. The molecule has 4 heteroatoms. The zero-order valence-electron chi connectivity index (χ0n) is 12.0. The van der Waals surface area contributed by atoms with E-state index in [2.05, 4.69) is 9.88 Å². The molecule has 1 N–H and O–H groups in total. The van der Waals surface area contributed by atoms with Gasteiger partial charge >= 0.3 is 0 Å². The van der Waals surface area contributed by atoms with E-state index >= 15 is 0 Å². The van der Waals surface area contributed by atoms with E-state index in [1.54, 1.807) is 6.20 Å². The maximum absolute atomic E-state index is 10.6. The molecule has 1 fully saturated rings. The molecule has 0 saturated carbocycles. The average molecular weight is 284 g/mol. The third-order valence-electron chi connectivity index (χ3n) is 3.77. The van der Waals surface area contributed by atoms with E-state index in [0.717, 1.165) is 31.0 Å². The Morgan fingerprint density at radius 1 is 1.14 bits per heavy atom. The van der Waals surface area contributed by atoms with Crippen LogP contribution in [-0.4, -0.2) is 40.3 Å². The van der Waals surface area contributed by atoms with Crippen molar-refractivity contribution in [3.8, 4) is 5.75 Å². The van der Waals surface area contributed by atoms with E-state index in [9.17, 15) is 5.11 Å². The van der Waals surface area contributed by atoms with Crippen molar-refractivity contribution in [3.63, 3.8) is 0 Å². The number of aromatic nitrogens is 1. The summed E-state index contributed by atoms with van der Waals surface area (Å²) in [5.41, 5.74) is 0.260. The van der Waals surface area contributed by atoms with E-state index in [1.807, 2.05) is 48.5 Å². The highest BCUT2D eigenvalue weighted by atomic mass is 16.5. The van der Waals surface area contributed by atoms with Gasteiger partial charge in [-0.05, 0) is 30.7 Å². The van der Waals surface area contributed by atoms with Gasteiger partial charge in [0, 0.05) is 25.8 Å². The maximum atomic E-state index is 10.6. The third kappa shape index (κ3) is 3.80. The molecule has 0 radical (unpaired) electrons. The first-order valence-electron chi connectivity index (χ1n) is 7.26. The second kappa shape index (κ2) is 6.24. The van der Waals surface area contributed by atoms with Crippen molar-refractivity contribution in [1.29, 1.82) is 0 Å². The molecule has 110 valence electrons. The Morgan fingerprint density at radius 2 is 1.95 bits per heavy atom. The average Bonchev–Trinajstić information content (AvgIpc) is 2.89. The van der Waals surface area contributed by atoms with Gasteiger partial charge in [0.1, 0.15) is 18.0 Å². The summed E-state index contributed by atoms with van der Waals surface area (Å²) in [6.07, 6.45) is 2.53. The molecule has 0 spiro atoms. The van der Waals surface area contributed by atoms with Crippen LogP contribution >= 0.6 is 0 Å². The van der Waals surface area contributed by atoms with Crippen molar-refractivity contribution < 1.29 is 9.84 Å². The van der Waals surface area contributed by atoms with Crippen LogP contribution in [0.2, 0.25) is 0 Å². The Kier molecular flexibility index (Phi) is 4.18. The number of para-hydroxylation sites is 1. The van der Waals surface area contributed by atoms with Crippen molar-refractivity contribution in [1.82, 2.24) is 9.88 Å². The Bertz CT molecular complexity index is 562. The van der Waals surface area contributed by atoms with Gasteiger partial charge in [-0.1, -0.05) is 24.3 Å². The van der Waals surface area contributed by atoms with Crippen LogP contribution in [0.25, 0.3) is 0 Å². The van der Waals surface area contributed by atoms with Crippen LogP contribution in [0.5, 0.6) is 5.75 Å². The fraction of sp³-hybridized carbons (Fsp3) is 0.353. The third-order valence-corrected chi connectivity index (χ3v) is 3.77. The van der Waals surface area contributed by atoms with Crippen LogP contribution in [0.1, 0.15) is 12.1 Å². The molecular formula is C17H20N2O2. The fourth-order valence-corrected chi connectivity index (χ4v) is 2.65. The first-order chi connectivity index (χ1) is 10.2. The zero-order valence-corrected chi connectivity index (χ0v) is 12.0. The smallest absolute Gasteiger partial charge is 0.119 e. The van der Waals surface area contributed by atoms with Crippen LogP contribution in [0, 0.1) is 0 Å². The van der Waals surface area contributed by atoms with Gasteiger partial charge in [0.15, 0.2) is 0 Å². The molecule has 0 aliphatic carbocycles. The summed E-state index contributed by atoms with van der Waals surface area (Å²) in [6, 6.07) is 15.5. The number of pyridine rings is 1. The van der Waals surface area contributed by atoms with Gasteiger partial charge in [-0.2, -0.15) is 0 Å². The second-order valence-electron chi connectivity index (χ2n) is 5.61. The van der Waals surface area contributed by atoms with Crippen molar-refractivity contribution in [2.75, 3.05) is 19.7 Å². The summed E-state index contributed by atoms with van der Waals surface area (Å²) in [5.74, 6) is 0.800. The number of β-amino-alcohol motifs (C(OH)–C–C–N with tert-alkyl or cyclic N) is 1. The first-order valence-corrected chi connectivity index (χ1v) is 7.26. The number of benzene rings is 1. The lowest BCUT2D eigenvalue weighted by molar-refractivity contribution is 0.00330. The predicted octanol–water partition coefficient (Wildman–Crippen LogP) is 2.10. The largest absolute Gasteiger partial charge is 0.491 e. The number of hydrogen-bond donors (Lipinski definition) is 1. The number of aliphatic hydroxyl groups is 1. The molecule has 1 aliphatic heterocycles. The molecule has 0 amide bonds. The fourth-order valence-electron chi connectivity index (χ4n) is 2.65. The highest BCUT2D eigenvalue weighted by Gasteiger charge is 2.36. The van der Waals surface area contributed by atoms with Crippen LogP contribution < -0.4 is 4.74 Å². The molecular weight excluding hydrogens is 264 g/mol. The molecule has 1 aromatic heterocycles. The summed E-state index contributed by atoms with van der Waals surface area (Å²) in [7, 11) is 0. The number of likely N-dealkylation sites (tertiary alicyclic amines) is 1. The number of rotatable bonds is 5. The van der Waals surface area contributed by atoms with Crippen molar-refractivity contribution >= 4 is 0 Å². The lowest BCUT2D eigenvalue weighted by Crippen LogP contribution is -2.39. The lowest BCUT2D eigenvalue weighted by atomic mass is 10.1. The first kappa shape index (κ1) is 14.0. The molecule has 0 bridgehead atoms. The van der Waals surface area contributed by atoms with Gasteiger partial charge in [-0.15, -0.1) is 0 Å². The maximum Gasteiger partial charge on any atom is 0.119 e. The molecule has 4 nitrogen and oxygen atoms in total. The summed E-state index contributed by atoms with van der Waals surface area (Å²) in [6.45, 7) is 2.59. The summed E-state index contributed by atoms with van der Waals surface area (Å²) in [4.78, 5) is 6.55. The minimum atomic E-state index is -0.773. The van der Waals surface area contributed by atoms with Crippen LogP contribution in [0.15, 0.2) is 54.7 Å². The normalized spacial score (nSPS) is 22.3. The van der Waals surface area contributed by atoms with Crippen LogP contribution in [-0.2, 0) is 6.54 Å². The lowest BCUT2D eigenvalue weighted by Gasteiger charge is -2.23. The Balaban J connectivity index is 1.53. The Hall–Kier alpha value is -1.91. The van der Waals surface area contributed by atoms with E-state index in [4.69, 9.17) is 4.74 Å². The van der Waals surface area contributed by atoms with Gasteiger partial charge in [0.05, 0.1) is 5.69 Å². The summed E-state index contributed by atoms with van der Waals surface area (Å²) in [5, 5.41) is 10.6. The molecule has 2 aromatic rings. The van der Waals surface area contributed by atoms with Gasteiger partial charge < -0.3 is 9.84 Å². The van der Waals surface area contributed by atoms with E-state index in [0.29, 0.717) is 13.2 Å².